The molecule has 1 heterocycles. The molecular weight excluding hydrogens is 242 g/mol. The van der Waals surface area contributed by atoms with Gasteiger partial charge in [0.05, 0.1) is 0 Å². The van der Waals surface area contributed by atoms with E-state index >= 15 is 0 Å². The number of nitrogens with zero attached hydrogens (tertiary/aromatic N) is 1. The second kappa shape index (κ2) is 6.23. The van der Waals surface area contributed by atoms with Gasteiger partial charge in [0.1, 0.15) is 0 Å². The molecule has 1 fully saturated rings. The standard InChI is InChI=1S/C19H23N/c1-16(17-10-4-2-5-11-17)20-15-9-8-14-19(20)18-12-6-3-7-13-18/h2-7,10-13,16,19H,8-9,14-15H2,1H3/t16-,19+/m1/s1. The van der Waals surface area contributed by atoms with Crippen LogP contribution in [0.3, 0.4) is 0 Å². The van der Waals surface area contributed by atoms with Crippen LogP contribution in [0.25, 0.3) is 0 Å². The molecule has 3 rings (SSSR count). The summed E-state index contributed by atoms with van der Waals surface area (Å²) in [5.74, 6) is 0. The number of likely N-dealkylation sites (tertiary alicyclic amines) is 1. The summed E-state index contributed by atoms with van der Waals surface area (Å²) in [6.45, 7) is 3.55. The van der Waals surface area contributed by atoms with Gasteiger partial charge in [0.15, 0.2) is 0 Å². The first-order valence-electron chi connectivity index (χ1n) is 7.72. The number of hydrogen-bond donors (Lipinski definition) is 0. The van der Waals surface area contributed by atoms with Crippen LogP contribution in [0.5, 0.6) is 0 Å². The molecule has 20 heavy (non-hydrogen) atoms. The molecule has 1 aliphatic rings. The van der Waals surface area contributed by atoms with Crippen LogP contribution in [-0.4, -0.2) is 11.4 Å². The lowest BCUT2D eigenvalue weighted by Gasteiger charge is -2.40. The molecule has 0 N–H and O–H groups in total. The average Bonchev–Trinajstić information content (AvgIpc) is 2.56. The molecular formula is C19H23N. The van der Waals surface area contributed by atoms with E-state index in [1.54, 1.807) is 0 Å². The molecule has 1 heteroatoms. The van der Waals surface area contributed by atoms with E-state index in [1.807, 2.05) is 0 Å². The van der Waals surface area contributed by atoms with Crippen molar-refractivity contribution >= 4 is 0 Å². The topological polar surface area (TPSA) is 3.24 Å². The lowest BCUT2D eigenvalue weighted by atomic mass is 9.92. The zero-order valence-electron chi connectivity index (χ0n) is 12.2. The summed E-state index contributed by atoms with van der Waals surface area (Å²) in [4.78, 5) is 2.67. The molecule has 0 aliphatic carbocycles. The van der Waals surface area contributed by atoms with Crippen molar-refractivity contribution in [3.05, 3.63) is 71.8 Å². The highest BCUT2D eigenvalue weighted by atomic mass is 15.2. The van der Waals surface area contributed by atoms with Gasteiger partial charge in [-0.2, -0.15) is 0 Å². The third kappa shape index (κ3) is 2.78. The van der Waals surface area contributed by atoms with Crippen molar-refractivity contribution in [2.75, 3.05) is 6.54 Å². The van der Waals surface area contributed by atoms with Gasteiger partial charge in [-0.15, -0.1) is 0 Å². The van der Waals surface area contributed by atoms with Gasteiger partial charge in [-0.05, 0) is 37.4 Å². The van der Waals surface area contributed by atoms with Crippen molar-refractivity contribution in [1.29, 1.82) is 0 Å². The molecule has 0 bridgehead atoms. The van der Waals surface area contributed by atoms with Crippen molar-refractivity contribution in [3.8, 4) is 0 Å². The molecule has 2 aromatic carbocycles. The lowest BCUT2D eigenvalue weighted by Crippen LogP contribution is -2.35. The van der Waals surface area contributed by atoms with E-state index in [0.29, 0.717) is 12.1 Å². The highest BCUT2D eigenvalue weighted by Gasteiger charge is 2.28. The Morgan fingerprint density at radius 1 is 0.900 bits per heavy atom. The van der Waals surface area contributed by atoms with Crippen LogP contribution in [0.4, 0.5) is 0 Å². The summed E-state index contributed by atoms with van der Waals surface area (Å²) >= 11 is 0. The fourth-order valence-electron chi connectivity index (χ4n) is 3.37. The van der Waals surface area contributed by atoms with E-state index in [1.165, 1.54) is 36.9 Å². The van der Waals surface area contributed by atoms with Crippen LogP contribution in [0.15, 0.2) is 60.7 Å². The predicted molar refractivity (Wildman–Crippen MR) is 84.6 cm³/mol. The van der Waals surface area contributed by atoms with E-state index in [4.69, 9.17) is 0 Å². The van der Waals surface area contributed by atoms with Crippen molar-refractivity contribution < 1.29 is 0 Å². The Labute approximate surface area is 122 Å². The van der Waals surface area contributed by atoms with Crippen LogP contribution in [-0.2, 0) is 0 Å². The van der Waals surface area contributed by atoms with Crippen LogP contribution < -0.4 is 0 Å². The molecule has 0 aromatic heterocycles. The second-order valence-electron chi connectivity index (χ2n) is 5.75. The largest absolute Gasteiger partial charge is 0.290 e. The van der Waals surface area contributed by atoms with Crippen molar-refractivity contribution in [2.45, 2.75) is 38.3 Å². The second-order valence-corrected chi connectivity index (χ2v) is 5.75. The van der Waals surface area contributed by atoms with E-state index in [-0.39, 0.29) is 0 Å². The fraction of sp³-hybridized carbons (Fsp3) is 0.368. The van der Waals surface area contributed by atoms with Gasteiger partial charge in [-0.25, -0.2) is 0 Å². The molecule has 1 aliphatic heterocycles. The monoisotopic (exact) mass is 265 g/mol. The minimum Gasteiger partial charge on any atom is -0.290 e. The SMILES string of the molecule is C[C@H](c1ccccc1)N1CCCC[C@H]1c1ccccc1. The molecule has 0 spiro atoms. The van der Waals surface area contributed by atoms with E-state index in [2.05, 4.69) is 72.5 Å². The summed E-state index contributed by atoms with van der Waals surface area (Å²) in [7, 11) is 0. The highest BCUT2D eigenvalue weighted by Crippen LogP contribution is 2.37. The quantitative estimate of drug-likeness (QED) is 0.757. The molecule has 2 atom stereocenters. The molecule has 104 valence electrons. The Kier molecular flexibility index (Phi) is 4.17. The molecule has 0 radical (unpaired) electrons. The summed E-state index contributed by atoms with van der Waals surface area (Å²) in [5, 5.41) is 0. The maximum atomic E-state index is 2.67. The van der Waals surface area contributed by atoms with Crippen molar-refractivity contribution in [2.24, 2.45) is 0 Å². The third-order valence-electron chi connectivity index (χ3n) is 4.51. The Balaban J connectivity index is 1.86. The van der Waals surface area contributed by atoms with Gasteiger partial charge >= 0.3 is 0 Å². The Morgan fingerprint density at radius 2 is 1.55 bits per heavy atom. The number of hydrogen-bond acceptors (Lipinski definition) is 1. The van der Waals surface area contributed by atoms with Crippen LogP contribution in [0.2, 0.25) is 0 Å². The summed E-state index contributed by atoms with van der Waals surface area (Å²) in [6.07, 6.45) is 3.94. The molecule has 2 aromatic rings. The first-order valence-corrected chi connectivity index (χ1v) is 7.72. The first kappa shape index (κ1) is 13.4. The van der Waals surface area contributed by atoms with Crippen molar-refractivity contribution in [3.63, 3.8) is 0 Å². The van der Waals surface area contributed by atoms with E-state index in [9.17, 15) is 0 Å². The minimum absolute atomic E-state index is 0.488. The summed E-state index contributed by atoms with van der Waals surface area (Å²) in [5.41, 5.74) is 2.89. The van der Waals surface area contributed by atoms with Gasteiger partial charge in [-0.1, -0.05) is 67.1 Å². The summed E-state index contributed by atoms with van der Waals surface area (Å²) in [6, 6.07) is 22.9. The number of piperidine rings is 1. The van der Waals surface area contributed by atoms with Gasteiger partial charge < -0.3 is 0 Å². The molecule has 0 saturated carbocycles. The maximum absolute atomic E-state index is 2.67. The van der Waals surface area contributed by atoms with Gasteiger partial charge in [-0.3, -0.25) is 4.90 Å². The van der Waals surface area contributed by atoms with E-state index < -0.39 is 0 Å². The fourth-order valence-corrected chi connectivity index (χ4v) is 3.37. The van der Waals surface area contributed by atoms with Crippen LogP contribution in [0, 0.1) is 0 Å². The maximum Gasteiger partial charge on any atom is 0.0354 e. The average molecular weight is 265 g/mol. The van der Waals surface area contributed by atoms with Crippen LogP contribution >= 0.6 is 0 Å². The van der Waals surface area contributed by atoms with Gasteiger partial charge in [0, 0.05) is 12.1 Å². The minimum atomic E-state index is 0.488. The Morgan fingerprint density at radius 3 is 2.25 bits per heavy atom. The molecule has 1 saturated heterocycles. The zero-order chi connectivity index (χ0) is 13.8. The number of benzene rings is 2. The highest BCUT2D eigenvalue weighted by molar-refractivity contribution is 5.23. The molecule has 0 unspecified atom stereocenters. The normalized spacial score (nSPS) is 21.6. The first-order chi connectivity index (χ1) is 9.86. The molecule has 1 nitrogen and oxygen atoms in total. The molecule has 0 amide bonds. The Hall–Kier alpha value is -1.60. The predicted octanol–water partition coefficient (Wildman–Crippen LogP) is 4.97. The number of rotatable bonds is 3. The van der Waals surface area contributed by atoms with Crippen LogP contribution in [0.1, 0.15) is 49.4 Å². The Bertz CT molecular complexity index is 520. The zero-order valence-corrected chi connectivity index (χ0v) is 12.2. The van der Waals surface area contributed by atoms with E-state index in [0.717, 1.165) is 0 Å². The van der Waals surface area contributed by atoms with Gasteiger partial charge in [0.25, 0.3) is 0 Å². The smallest absolute Gasteiger partial charge is 0.0354 e. The van der Waals surface area contributed by atoms with Crippen molar-refractivity contribution in [1.82, 2.24) is 4.90 Å². The summed E-state index contributed by atoms with van der Waals surface area (Å²) < 4.78 is 0. The lowest BCUT2D eigenvalue weighted by molar-refractivity contribution is 0.103. The van der Waals surface area contributed by atoms with Gasteiger partial charge in [0.2, 0.25) is 0 Å². The third-order valence-corrected chi connectivity index (χ3v) is 4.51.